The highest BCUT2D eigenvalue weighted by Gasteiger charge is 2.25. The molecule has 4 N–H and O–H groups in total. The summed E-state index contributed by atoms with van der Waals surface area (Å²) in [6.45, 7) is 5.49. The fourth-order valence-corrected chi connectivity index (χ4v) is 1.79. The van der Waals surface area contributed by atoms with E-state index in [1.807, 2.05) is 13.8 Å². The highest BCUT2D eigenvalue weighted by Crippen LogP contribution is 2.17. The first-order valence-electron chi connectivity index (χ1n) is 6.48. The third kappa shape index (κ3) is 4.22. The van der Waals surface area contributed by atoms with E-state index in [2.05, 4.69) is 10.6 Å². The average Bonchev–Trinajstić information content (AvgIpc) is 2.39. The predicted molar refractivity (Wildman–Crippen MR) is 75.7 cm³/mol. The molecule has 0 aliphatic rings. The van der Waals surface area contributed by atoms with Crippen molar-refractivity contribution in [1.29, 1.82) is 0 Å². The van der Waals surface area contributed by atoms with Crippen LogP contribution in [-0.4, -0.2) is 18.0 Å². The third-order valence-corrected chi connectivity index (χ3v) is 3.25. The molecule has 0 radical (unpaired) electrons. The molecular weight excluding hydrogens is 261 g/mol. The Balaban J connectivity index is 2.90. The van der Waals surface area contributed by atoms with E-state index in [0.717, 1.165) is 5.56 Å². The molecular formula is C14H20FN3O2. The van der Waals surface area contributed by atoms with Crippen LogP contribution in [0.25, 0.3) is 0 Å². The number of rotatable bonds is 5. The minimum Gasteiger partial charge on any atom is -0.352 e. The molecule has 3 amide bonds. The van der Waals surface area contributed by atoms with E-state index in [4.69, 9.17) is 5.73 Å². The summed E-state index contributed by atoms with van der Waals surface area (Å²) in [5, 5.41) is 5.04. The Hall–Kier alpha value is -2.11. The zero-order valence-corrected chi connectivity index (χ0v) is 11.9. The summed E-state index contributed by atoms with van der Waals surface area (Å²) in [6.07, 6.45) is 0.695. The number of aryl methyl sites for hydroxylation is 1. The van der Waals surface area contributed by atoms with E-state index >= 15 is 0 Å². The molecule has 0 spiro atoms. The van der Waals surface area contributed by atoms with E-state index in [0.29, 0.717) is 12.1 Å². The lowest BCUT2D eigenvalue weighted by molar-refractivity contribution is -0.119. The monoisotopic (exact) mass is 281 g/mol. The molecule has 2 atom stereocenters. The molecule has 0 fully saturated rings. The maximum absolute atomic E-state index is 13.2. The van der Waals surface area contributed by atoms with E-state index in [1.54, 1.807) is 13.0 Å². The molecule has 1 aromatic carbocycles. The normalized spacial score (nSPS) is 13.4. The van der Waals surface area contributed by atoms with Crippen molar-refractivity contribution in [2.24, 2.45) is 11.7 Å². The molecule has 0 saturated heterocycles. The Morgan fingerprint density at radius 1 is 1.40 bits per heavy atom. The summed E-state index contributed by atoms with van der Waals surface area (Å²) in [5.41, 5.74) is 6.20. The van der Waals surface area contributed by atoms with Crippen LogP contribution >= 0.6 is 0 Å². The molecule has 0 saturated carbocycles. The van der Waals surface area contributed by atoms with Crippen molar-refractivity contribution < 1.29 is 14.0 Å². The minimum atomic E-state index is -0.763. The molecule has 1 aromatic rings. The summed E-state index contributed by atoms with van der Waals surface area (Å²) in [6, 6.07) is 2.62. The number of halogens is 1. The molecule has 0 bridgehead atoms. The van der Waals surface area contributed by atoms with Crippen LogP contribution in [0.3, 0.4) is 0 Å². The SMILES string of the molecule is CC[C@@H](C)[C@H](NC(N)=O)C(=O)Nc1cc(F)ccc1C. The number of amides is 3. The fourth-order valence-electron chi connectivity index (χ4n) is 1.79. The molecule has 20 heavy (non-hydrogen) atoms. The maximum Gasteiger partial charge on any atom is 0.312 e. The molecule has 0 aliphatic carbocycles. The summed E-state index contributed by atoms with van der Waals surface area (Å²) >= 11 is 0. The lowest BCUT2D eigenvalue weighted by Crippen LogP contribution is -2.49. The van der Waals surface area contributed by atoms with Crippen LogP contribution in [0.2, 0.25) is 0 Å². The number of primary amides is 1. The first-order valence-corrected chi connectivity index (χ1v) is 6.48. The van der Waals surface area contributed by atoms with Gasteiger partial charge in [-0.15, -0.1) is 0 Å². The highest BCUT2D eigenvalue weighted by atomic mass is 19.1. The lowest BCUT2D eigenvalue weighted by atomic mass is 9.98. The average molecular weight is 281 g/mol. The molecule has 5 nitrogen and oxygen atoms in total. The number of anilines is 1. The second-order valence-corrected chi connectivity index (χ2v) is 4.82. The Morgan fingerprint density at radius 3 is 2.60 bits per heavy atom. The van der Waals surface area contributed by atoms with Crippen molar-refractivity contribution in [3.8, 4) is 0 Å². The van der Waals surface area contributed by atoms with Crippen LogP contribution < -0.4 is 16.4 Å². The topological polar surface area (TPSA) is 84.2 Å². The van der Waals surface area contributed by atoms with Gasteiger partial charge in [-0.05, 0) is 30.5 Å². The quantitative estimate of drug-likeness (QED) is 0.772. The second-order valence-electron chi connectivity index (χ2n) is 4.82. The highest BCUT2D eigenvalue weighted by molar-refractivity contribution is 5.97. The number of nitrogens with one attached hydrogen (secondary N) is 2. The van der Waals surface area contributed by atoms with E-state index < -0.39 is 23.8 Å². The Morgan fingerprint density at radius 2 is 2.05 bits per heavy atom. The standard InChI is InChI=1S/C14H20FN3O2/c1-4-8(2)12(18-14(16)20)13(19)17-11-7-10(15)6-5-9(11)3/h5-8,12H,4H2,1-3H3,(H,17,19)(H3,16,18,20)/t8-,12+/m1/s1. The number of benzene rings is 1. The first kappa shape index (κ1) is 15.9. The van der Waals surface area contributed by atoms with Gasteiger partial charge in [0.25, 0.3) is 0 Å². The predicted octanol–water partition coefficient (Wildman–Crippen LogP) is 2.16. The second kappa shape index (κ2) is 6.88. The van der Waals surface area contributed by atoms with Gasteiger partial charge in [-0.3, -0.25) is 4.79 Å². The van der Waals surface area contributed by atoms with Gasteiger partial charge >= 0.3 is 6.03 Å². The van der Waals surface area contributed by atoms with Gasteiger partial charge in [-0.25, -0.2) is 9.18 Å². The van der Waals surface area contributed by atoms with Crippen LogP contribution in [0.1, 0.15) is 25.8 Å². The summed E-state index contributed by atoms with van der Waals surface area (Å²) < 4.78 is 13.2. The van der Waals surface area contributed by atoms with E-state index in [-0.39, 0.29) is 5.92 Å². The van der Waals surface area contributed by atoms with Gasteiger partial charge in [-0.2, -0.15) is 0 Å². The van der Waals surface area contributed by atoms with Gasteiger partial charge in [0.05, 0.1) is 0 Å². The van der Waals surface area contributed by atoms with Crippen LogP contribution in [0.5, 0.6) is 0 Å². The Labute approximate surface area is 117 Å². The lowest BCUT2D eigenvalue weighted by Gasteiger charge is -2.23. The van der Waals surface area contributed by atoms with Gasteiger partial charge in [0.2, 0.25) is 5.91 Å². The summed E-state index contributed by atoms with van der Waals surface area (Å²) in [7, 11) is 0. The van der Waals surface area contributed by atoms with Crippen LogP contribution in [0.15, 0.2) is 18.2 Å². The van der Waals surface area contributed by atoms with Gasteiger partial charge in [0, 0.05) is 5.69 Å². The molecule has 0 aliphatic heterocycles. The van der Waals surface area contributed by atoms with Crippen molar-refractivity contribution in [3.63, 3.8) is 0 Å². The molecule has 110 valence electrons. The number of hydrogen-bond donors (Lipinski definition) is 3. The maximum atomic E-state index is 13.2. The van der Waals surface area contributed by atoms with Gasteiger partial charge in [-0.1, -0.05) is 26.3 Å². The van der Waals surface area contributed by atoms with Crippen LogP contribution in [0.4, 0.5) is 14.9 Å². The number of carbonyl (C=O) groups is 2. The van der Waals surface area contributed by atoms with E-state index in [1.165, 1.54) is 12.1 Å². The molecule has 6 heteroatoms. The molecule has 0 unspecified atom stereocenters. The summed E-state index contributed by atoms with van der Waals surface area (Å²) in [4.78, 5) is 23.2. The number of carbonyl (C=O) groups excluding carboxylic acids is 2. The van der Waals surface area contributed by atoms with Crippen molar-refractivity contribution in [2.75, 3.05) is 5.32 Å². The largest absolute Gasteiger partial charge is 0.352 e. The minimum absolute atomic E-state index is 0.0867. The van der Waals surface area contributed by atoms with Crippen molar-refractivity contribution in [1.82, 2.24) is 5.32 Å². The van der Waals surface area contributed by atoms with Crippen LogP contribution in [0, 0.1) is 18.7 Å². The van der Waals surface area contributed by atoms with Gasteiger partial charge in [0.1, 0.15) is 11.9 Å². The number of nitrogens with two attached hydrogens (primary N) is 1. The molecule has 0 heterocycles. The Kier molecular flexibility index (Phi) is 5.49. The first-order chi connectivity index (χ1) is 9.35. The third-order valence-electron chi connectivity index (χ3n) is 3.25. The van der Waals surface area contributed by atoms with Crippen molar-refractivity contribution in [3.05, 3.63) is 29.6 Å². The molecule has 1 rings (SSSR count). The van der Waals surface area contributed by atoms with Crippen molar-refractivity contribution >= 4 is 17.6 Å². The van der Waals surface area contributed by atoms with Gasteiger partial charge in [0.15, 0.2) is 0 Å². The van der Waals surface area contributed by atoms with Crippen molar-refractivity contribution in [2.45, 2.75) is 33.2 Å². The fraction of sp³-hybridized carbons (Fsp3) is 0.429. The number of hydrogen-bond acceptors (Lipinski definition) is 2. The Bertz CT molecular complexity index is 505. The zero-order chi connectivity index (χ0) is 15.3. The summed E-state index contributed by atoms with van der Waals surface area (Å²) in [5.74, 6) is -0.933. The van der Waals surface area contributed by atoms with Gasteiger partial charge < -0.3 is 16.4 Å². The number of urea groups is 1. The zero-order valence-electron chi connectivity index (χ0n) is 11.9. The van der Waals surface area contributed by atoms with Crippen LogP contribution in [-0.2, 0) is 4.79 Å². The van der Waals surface area contributed by atoms with E-state index in [9.17, 15) is 14.0 Å². The smallest absolute Gasteiger partial charge is 0.312 e. The molecule has 0 aromatic heterocycles.